The van der Waals surface area contributed by atoms with Gasteiger partial charge in [-0.25, -0.2) is 4.98 Å². The molecular formula is C30H22BrN5O5. The SMILES string of the molecule is COc1cc([N+](=O)[O-])ccc1-n1c(C)cc(C=Nn2c(-c3cc4cc(Br)ccc4o3)nc3ccccc3c2=O)c1C. The second-order valence-corrected chi connectivity index (χ2v) is 10.3. The van der Waals surface area contributed by atoms with E-state index in [1.165, 1.54) is 23.9 Å². The molecule has 0 spiro atoms. The van der Waals surface area contributed by atoms with E-state index in [1.54, 1.807) is 30.5 Å². The van der Waals surface area contributed by atoms with Crippen molar-refractivity contribution in [2.75, 3.05) is 7.11 Å². The molecule has 204 valence electrons. The molecule has 0 N–H and O–H groups in total. The summed E-state index contributed by atoms with van der Waals surface area (Å²) in [4.78, 5) is 29.2. The lowest BCUT2D eigenvalue weighted by atomic mass is 10.2. The Labute approximate surface area is 241 Å². The van der Waals surface area contributed by atoms with Gasteiger partial charge in [-0.3, -0.25) is 14.9 Å². The van der Waals surface area contributed by atoms with Crippen LogP contribution in [-0.2, 0) is 0 Å². The number of hydrogen-bond acceptors (Lipinski definition) is 7. The van der Waals surface area contributed by atoms with Gasteiger partial charge >= 0.3 is 0 Å². The topological polar surface area (TPSA) is 118 Å². The van der Waals surface area contributed by atoms with E-state index in [1.807, 2.05) is 54.8 Å². The Morgan fingerprint density at radius 2 is 1.88 bits per heavy atom. The minimum absolute atomic E-state index is 0.0662. The molecule has 3 aromatic carbocycles. The quantitative estimate of drug-likeness (QED) is 0.116. The van der Waals surface area contributed by atoms with Gasteiger partial charge in [0.2, 0.25) is 5.82 Å². The molecule has 10 nitrogen and oxygen atoms in total. The number of nitro benzene ring substituents is 1. The van der Waals surface area contributed by atoms with Crippen molar-refractivity contribution in [1.82, 2.24) is 14.2 Å². The molecular weight excluding hydrogens is 590 g/mol. The van der Waals surface area contributed by atoms with Gasteiger partial charge in [-0.1, -0.05) is 28.1 Å². The highest BCUT2D eigenvalue weighted by Gasteiger charge is 2.19. The van der Waals surface area contributed by atoms with Gasteiger partial charge in [-0.05, 0) is 62.4 Å². The van der Waals surface area contributed by atoms with Crippen LogP contribution in [0.25, 0.3) is 39.1 Å². The van der Waals surface area contributed by atoms with E-state index in [0.29, 0.717) is 33.7 Å². The maximum Gasteiger partial charge on any atom is 0.282 e. The third-order valence-electron chi connectivity index (χ3n) is 6.85. The predicted octanol–water partition coefficient (Wildman–Crippen LogP) is 6.78. The Kier molecular flexibility index (Phi) is 6.50. The summed E-state index contributed by atoms with van der Waals surface area (Å²) in [7, 11) is 1.47. The number of ether oxygens (including phenoxy) is 1. The lowest BCUT2D eigenvalue weighted by Gasteiger charge is -2.13. The fourth-order valence-electron chi connectivity index (χ4n) is 4.89. The molecule has 41 heavy (non-hydrogen) atoms. The van der Waals surface area contributed by atoms with Crippen LogP contribution in [0.1, 0.15) is 17.0 Å². The first kappa shape index (κ1) is 26.2. The number of non-ortho nitro benzene ring substituents is 1. The highest BCUT2D eigenvalue weighted by molar-refractivity contribution is 9.10. The Morgan fingerprint density at radius 1 is 1.07 bits per heavy atom. The molecule has 0 bridgehead atoms. The Morgan fingerprint density at radius 3 is 2.66 bits per heavy atom. The highest BCUT2D eigenvalue weighted by atomic mass is 79.9. The van der Waals surface area contributed by atoms with Crippen LogP contribution in [0.5, 0.6) is 5.75 Å². The second-order valence-electron chi connectivity index (χ2n) is 9.38. The molecule has 0 fully saturated rings. The zero-order valence-corrected chi connectivity index (χ0v) is 23.7. The van der Waals surface area contributed by atoms with Gasteiger partial charge in [0, 0.05) is 32.9 Å². The van der Waals surface area contributed by atoms with E-state index >= 15 is 0 Å². The predicted molar refractivity (Wildman–Crippen MR) is 160 cm³/mol. The summed E-state index contributed by atoms with van der Waals surface area (Å²) < 4.78 is 15.6. The number of halogens is 1. The molecule has 0 radical (unpaired) electrons. The van der Waals surface area contributed by atoms with Gasteiger partial charge < -0.3 is 13.7 Å². The molecule has 0 aliphatic rings. The zero-order chi connectivity index (χ0) is 28.8. The van der Waals surface area contributed by atoms with Gasteiger partial charge in [0.05, 0.1) is 40.9 Å². The molecule has 6 rings (SSSR count). The third kappa shape index (κ3) is 4.59. The van der Waals surface area contributed by atoms with Crippen LogP contribution >= 0.6 is 15.9 Å². The molecule has 0 atom stereocenters. The van der Waals surface area contributed by atoms with Crippen molar-refractivity contribution in [3.63, 3.8) is 0 Å². The molecule has 0 aliphatic carbocycles. The lowest BCUT2D eigenvalue weighted by Crippen LogP contribution is -2.20. The molecule has 0 amide bonds. The lowest BCUT2D eigenvalue weighted by molar-refractivity contribution is -0.384. The molecule has 11 heteroatoms. The van der Waals surface area contributed by atoms with Gasteiger partial charge in [0.15, 0.2) is 5.76 Å². The zero-order valence-electron chi connectivity index (χ0n) is 22.2. The Balaban J connectivity index is 1.49. The van der Waals surface area contributed by atoms with Crippen molar-refractivity contribution < 1.29 is 14.1 Å². The first-order valence-corrected chi connectivity index (χ1v) is 13.3. The number of methoxy groups -OCH3 is 1. The van der Waals surface area contributed by atoms with Gasteiger partial charge in [-0.15, -0.1) is 0 Å². The average Bonchev–Trinajstić information content (AvgIpc) is 3.51. The van der Waals surface area contributed by atoms with E-state index in [0.717, 1.165) is 26.8 Å². The Bertz CT molecular complexity index is 2090. The molecule has 3 aromatic heterocycles. The van der Waals surface area contributed by atoms with Crippen LogP contribution in [0, 0.1) is 24.0 Å². The smallest absolute Gasteiger partial charge is 0.282 e. The van der Waals surface area contributed by atoms with Crippen LogP contribution < -0.4 is 10.3 Å². The van der Waals surface area contributed by atoms with Crippen molar-refractivity contribution in [2.45, 2.75) is 13.8 Å². The third-order valence-corrected chi connectivity index (χ3v) is 7.34. The first-order chi connectivity index (χ1) is 19.7. The summed E-state index contributed by atoms with van der Waals surface area (Å²) in [6, 6.07) is 21.0. The summed E-state index contributed by atoms with van der Waals surface area (Å²) in [6.07, 6.45) is 1.59. The van der Waals surface area contributed by atoms with Crippen LogP contribution in [0.3, 0.4) is 0 Å². The number of rotatable bonds is 6. The van der Waals surface area contributed by atoms with Crippen molar-refractivity contribution in [2.24, 2.45) is 5.10 Å². The van der Waals surface area contributed by atoms with Crippen LogP contribution in [0.15, 0.2) is 91.6 Å². The van der Waals surface area contributed by atoms with Crippen molar-refractivity contribution in [3.8, 4) is 23.0 Å². The van der Waals surface area contributed by atoms with Crippen LogP contribution in [0.2, 0.25) is 0 Å². The van der Waals surface area contributed by atoms with E-state index in [-0.39, 0.29) is 17.1 Å². The van der Waals surface area contributed by atoms with Crippen molar-refractivity contribution in [1.29, 1.82) is 0 Å². The van der Waals surface area contributed by atoms with Crippen LogP contribution in [-0.4, -0.2) is 32.5 Å². The number of hydrogen-bond donors (Lipinski definition) is 0. The Hall–Kier alpha value is -5.03. The van der Waals surface area contributed by atoms with Crippen molar-refractivity contribution in [3.05, 3.63) is 115 Å². The maximum absolute atomic E-state index is 13.6. The number of aryl methyl sites for hydroxylation is 1. The van der Waals surface area contributed by atoms with Gasteiger partial charge in [0.25, 0.3) is 11.2 Å². The normalized spacial score (nSPS) is 11.6. The fourth-order valence-corrected chi connectivity index (χ4v) is 5.27. The number of fused-ring (bicyclic) bond motifs is 2. The monoisotopic (exact) mass is 611 g/mol. The van der Waals surface area contributed by atoms with Crippen LogP contribution in [0.4, 0.5) is 5.69 Å². The number of nitro groups is 1. The molecule has 6 aromatic rings. The molecule has 3 heterocycles. The summed E-state index contributed by atoms with van der Waals surface area (Å²) in [5.74, 6) is 1.03. The maximum atomic E-state index is 13.6. The largest absolute Gasteiger partial charge is 0.494 e. The van der Waals surface area contributed by atoms with E-state index in [2.05, 4.69) is 21.0 Å². The average molecular weight is 612 g/mol. The number of benzene rings is 3. The molecule has 0 saturated carbocycles. The van der Waals surface area contributed by atoms with E-state index < -0.39 is 4.92 Å². The number of furan rings is 1. The summed E-state index contributed by atoms with van der Waals surface area (Å²) in [6.45, 7) is 3.81. The van der Waals surface area contributed by atoms with Gasteiger partial charge in [-0.2, -0.15) is 9.78 Å². The summed E-state index contributed by atoms with van der Waals surface area (Å²) >= 11 is 3.48. The summed E-state index contributed by atoms with van der Waals surface area (Å²) in [5.41, 5.74) is 3.82. The van der Waals surface area contributed by atoms with Gasteiger partial charge in [0.1, 0.15) is 11.3 Å². The first-order valence-electron chi connectivity index (χ1n) is 12.5. The highest BCUT2D eigenvalue weighted by Crippen LogP contribution is 2.32. The second kappa shape index (κ2) is 10.2. The number of aromatic nitrogens is 3. The van der Waals surface area contributed by atoms with E-state index in [4.69, 9.17) is 14.1 Å². The fraction of sp³-hybridized carbons (Fsp3) is 0.100. The summed E-state index contributed by atoms with van der Waals surface area (Å²) in [5, 5.41) is 17.1. The standard InChI is InChI=1S/C30H22BrN5O5/c1-17-12-20(18(2)34(17)25-10-9-22(36(38)39)15-27(25)40-3)16-32-35-29(33-24-7-5-4-6-23(24)30(35)37)28-14-19-13-21(31)8-11-26(19)41-28/h4-16H,1-3H3. The number of nitrogens with zero attached hydrogens (tertiary/aromatic N) is 5. The van der Waals surface area contributed by atoms with E-state index in [9.17, 15) is 14.9 Å². The molecule has 0 unspecified atom stereocenters. The number of para-hydroxylation sites is 1. The minimum atomic E-state index is -0.465. The minimum Gasteiger partial charge on any atom is -0.494 e. The molecule has 0 aliphatic heterocycles. The molecule has 0 saturated heterocycles. The van der Waals surface area contributed by atoms with Crippen molar-refractivity contribution >= 4 is 49.7 Å².